The summed E-state index contributed by atoms with van der Waals surface area (Å²) in [5.41, 5.74) is 6.34. The van der Waals surface area contributed by atoms with Gasteiger partial charge in [0, 0.05) is 43.0 Å². The fourth-order valence-electron chi connectivity index (χ4n) is 2.12. The van der Waals surface area contributed by atoms with Crippen LogP contribution < -0.4 is 0 Å². The van der Waals surface area contributed by atoms with Gasteiger partial charge in [-0.25, -0.2) is 6.07 Å². The van der Waals surface area contributed by atoms with Gasteiger partial charge < -0.3 is 15.3 Å². The molecule has 1 aliphatic carbocycles. The van der Waals surface area contributed by atoms with E-state index in [2.05, 4.69) is 19.9 Å². The Labute approximate surface area is 126 Å². The van der Waals surface area contributed by atoms with Gasteiger partial charge in [-0.15, -0.1) is 0 Å². The Morgan fingerprint density at radius 2 is 1.39 bits per heavy atom. The van der Waals surface area contributed by atoms with Crippen molar-refractivity contribution >= 4 is 0 Å². The molecule has 2 rings (SSSR count). The minimum atomic E-state index is 0. The maximum atomic E-state index is 7.00. The van der Waals surface area contributed by atoms with Crippen LogP contribution in [-0.2, 0) is 34.6 Å². The zero-order valence-corrected chi connectivity index (χ0v) is 13.8. The number of aryl methyl sites for hydroxylation is 2. The maximum absolute atomic E-state index is 7.00. The van der Waals surface area contributed by atoms with Crippen molar-refractivity contribution in [3.63, 3.8) is 0 Å². The van der Waals surface area contributed by atoms with Crippen molar-refractivity contribution in [2.75, 3.05) is 21.3 Å². The Morgan fingerprint density at radius 1 is 0.944 bits per heavy atom. The molecule has 0 heterocycles. The van der Waals surface area contributed by atoms with Gasteiger partial charge in [0.1, 0.15) is 0 Å². The van der Waals surface area contributed by atoms with Gasteiger partial charge in [0.15, 0.2) is 0 Å². The van der Waals surface area contributed by atoms with Crippen LogP contribution in [0.3, 0.4) is 0 Å². The summed E-state index contributed by atoms with van der Waals surface area (Å²) in [5, 5.41) is 21.0. The molecule has 1 aromatic rings. The summed E-state index contributed by atoms with van der Waals surface area (Å²) in [5.74, 6) is 0. The van der Waals surface area contributed by atoms with Crippen molar-refractivity contribution in [2.24, 2.45) is 0 Å². The minimum Gasteiger partial charge on any atom is -0.400 e. The summed E-state index contributed by atoms with van der Waals surface area (Å²) in [6.07, 6.45) is 5.45. The van der Waals surface area contributed by atoms with E-state index in [-0.39, 0.29) is 21.7 Å². The van der Waals surface area contributed by atoms with E-state index in [1.54, 1.807) is 16.7 Å². The molecule has 0 aliphatic heterocycles. The number of aliphatic hydroxyl groups is 3. The number of hydrogen-bond acceptors (Lipinski definition) is 3. The monoisotopic (exact) mass is 291 g/mol. The summed E-state index contributed by atoms with van der Waals surface area (Å²) in [4.78, 5) is 0. The quantitative estimate of drug-likeness (QED) is 0.504. The molecule has 3 nitrogen and oxygen atoms in total. The van der Waals surface area contributed by atoms with Crippen LogP contribution in [0.25, 0.3) is 0 Å². The topological polar surface area (TPSA) is 60.7 Å². The molecule has 0 saturated carbocycles. The van der Waals surface area contributed by atoms with Gasteiger partial charge in [-0.05, 0) is 0 Å². The molecule has 0 saturated heterocycles. The Morgan fingerprint density at radius 3 is 1.83 bits per heavy atom. The average Bonchev–Trinajstić information content (AvgIpc) is 2.73. The Bertz CT molecular complexity index is 283. The van der Waals surface area contributed by atoms with Crippen molar-refractivity contribution in [3.8, 4) is 0 Å². The van der Waals surface area contributed by atoms with Crippen LogP contribution >= 0.6 is 0 Å². The zero-order chi connectivity index (χ0) is 13.8. The van der Waals surface area contributed by atoms with Gasteiger partial charge in [-0.1, -0.05) is 39.5 Å². The molecule has 0 amide bonds. The van der Waals surface area contributed by atoms with E-state index in [9.17, 15) is 0 Å². The molecule has 0 aromatic heterocycles. The van der Waals surface area contributed by atoms with Crippen LogP contribution in [-0.4, -0.2) is 36.6 Å². The maximum Gasteiger partial charge on any atom is 0.0319 e. The van der Waals surface area contributed by atoms with Crippen LogP contribution in [0.15, 0.2) is 6.07 Å². The second kappa shape index (κ2) is 15.0. The van der Waals surface area contributed by atoms with Gasteiger partial charge in [0.25, 0.3) is 0 Å². The summed E-state index contributed by atoms with van der Waals surface area (Å²) in [6, 6.07) is 2.38. The fourth-order valence-corrected chi connectivity index (χ4v) is 2.12. The predicted molar refractivity (Wildman–Crippen MR) is 72.6 cm³/mol. The molecule has 4 heteroatoms. The van der Waals surface area contributed by atoms with Crippen LogP contribution in [0.5, 0.6) is 0 Å². The van der Waals surface area contributed by atoms with Crippen LogP contribution in [0, 0.1) is 13.8 Å². The van der Waals surface area contributed by atoms with E-state index in [1.807, 2.05) is 0 Å². The third kappa shape index (κ3) is 6.76. The molecule has 0 unspecified atom stereocenters. The smallest absolute Gasteiger partial charge is 0.0319 e. The number of rotatable bonds is 0. The molecule has 18 heavy (non-hydrogen) atoms. The standard InChI is InChI=1S/C11H15.3CH4O.Ti/c1-8-7-10-5-3-4-6-11(10)9(8)2;3*1-2;/h7H,3-6H2,1-2H3;3*2H,1H3;/q-1;;;;. The van der Waals surface area contributed by atoms with Crippen LogP contribution in [0.4, 0.5) is 0 Å². The molecule has 0 radical (unpaired) electrons. The van der Waals surface area contributed by atoms with Crippen molar-refractivity contribution < 1.29 is 37.0 Å². The zero-order valence-electron chi connectivity index (χ0n) is 12.2. The summed E-state index contributed by atoms with van der Waals surface area (Å²) in [7, 11) is 3.00. The molecule has 1 aromatic carbocycles. The van der Waals surface area contributed by atoms with Gasteiger partial charge in [-0.2, -0.15) is 22.3 Å². The Balaban J connectivity index is -0.000000285. The van der Waals surface area contributed by atoms with E-state index in [4.69, 9.17) is 15.3 Å². The fraction of sp³-hybridized carbons (Fsp3) is 0.643. The van der Waals surface area contributed by atoms with Crippen molar-refractivity contribution in [3.05, 3.63) is 28.3 Å². The van der Waals surface area contributed by atoms with Crippen LogP contribution in [0.1, 0.15) is 35.1 Å². The van der Waals surface area contributed by atoms with E-state index >= 15 is 0 Å². The molecule has 1 aliphatic rings. The number of fused-ring (bicyclic) bond motifs is 1. The molecule has 0 atom stereocenters. The van der Waals surface area contributed by atoms with E-state index in [0.717, 1.165) is 21.3 Å². The second-order valence-corrected chi connectivity index (χ2v) is 3.66. The van der Waals surface area contributed by atoms with E-state index in [1.165, 1.54) is 31.2 Å². The first-order valence-corrected chi connectivity index (χ1v) is 5.88. The molecule has 3 N–H and O–H groups in total. The normalized spacial score (nSPS) is 11.1. The third-order valence-corrected chi connectivity index (χ3v) is 2.95. The van der Waals surface area contributed by atoms with Gasteiger partial charge in [-0.3, -0.25) is 0 Å². The van der Waals surface area contributed by atoms with Crippen molar-refractivity contribution in [1.82, 2.24) is 0 Å². The van der Waals surface area contributed by atoms with Crippen LogP contribution in [0.2, 0.25) is 0 Å². The third-order valence-electron chi connectivity index (χ3n) is 2.95. The Hall–Kier alpha value is -0.0557. The average molecular weight is 291 g/mol. The minimum absolute atomic E-state index is 0. The number of hydrogen-bond donors (Lipinski definition) is 3. The number of aliphatic hydroxyl groups excluding tert-OH is 3. The first-order chi connectivity index (χ1) is 8.29. The van der Waals surface area contributed by atoms with E-state index in [0.29, 0.717) is 0 Å². The molecule has 0 fully saturated rings. The van der Waals surface area contributed by atoms with Gasteiger partial charge in [0.05, 0.1) is 0 Å². The van der Waals surface area contributed by atoms with Crippen molar-refractivity contribution in [1.29, 1.82) is 0 Å². The molecular formula is C14H27O3Ti-. The van der Waals surface area contributed by atoms with Gasteiger partial charge in [0.2, 0.25) is 0 Å². The predicted octanol–water partition coefficient (Wildman–Crippen LogP) is 1.72. The summed E-state index contributed by atoms with van der Waals surface area (Å²) in [6.45, 7) is 4.49. The van der Waals surface area contributed by atoms with E-state index < -0.39 is 0 Å². The summed E-state index contributed by atoms with van der Waals surface area (Å²) < 4.78 is 0. The molecular weight excluding hydrogens is 264 g/mol. The molecule has 0 bridgehead atoms. The molecule has 106 valence electrons. The van der Waals surface area contributed by atoms with Crippen molar-refractivity contribution in [2.45, 2.75) is 39.5 Å². The Kier molecular flexibility index (Phi) is 19.2. The van der Waals surface area contributed by atoms with Gasteiger partial charge >= 0.3 is 0 Å². The second-order valence-electron chi connectivity index (χ2n) is 3.66. The largest absolute Gasteiger partial charge is 0.400 e. The first-order valence-electron chi connectivity index (χ1n) is 5.88. The summed E-state index contributed by atoms with van der Waals surface area (Å²) >= 11 is 0. The SMILES string of the molecule is CO.CO.CO.Cc1cc2c([c-]1C)CCCC2.[Ti]. The first kappa shape index (κ1) is 23.1. The molecule has 0 spiro atoms.